The fourth-order valence-electron chi connectivity index (χ4n) is 10.2. The van der Waals surface area contributed by atoms with Gasteiger partial charge in [-0.05, 0) is 87.0 Å². The third-order valence-corrected chi connectivity index (χ3v) is 15.1. The minimum absolute atomic E-state index is 0.0232. The van der Waals surface area contributed by atoms with Crippen LogP contribution in [0.4, 0.5) is 0 Å². The van der Waals surface area contributed by atoms with E-state index >= 15 is 0 Å². The summed E-state index contributed by atoms with van der Waals surface area (Å²) in [5, 5.41) is 12.2. The zero-order valence-electron chi connectivity index (χ0n) is 42.5. The van der Waals surface area contributed by atoms with E-state index in [9.17, 15) is 36.3 Å². The van der Waals surface area contributed by atoms with Crippen LogP contribution in [0.3, 0.4) is 0 Å². The third-order valence-electron chi connectivity index (χ3n) is 14.0. The summed E-state index contributed by atoms with van der Waals surface area (Å²) in [6.45, 7) is 16.2. The number of hydrogen-bond acceptors (Lipinski definition) is 19. The van der Waals surface area contributed by atoms with Crippen LogP contribution in [0.1, 0.15) is 105 Å². The number of cyclic esters (lactones) is 1. The molecule has 0 unspecified atom stereocenters. The van der Waals surface area contributed by atoms with Crippen molar-refractivity contribution in [3.63, 3.8) is 0 Å². The number of ketones is 1. The summed E-state index contributed by atoms with van der Waals surface area (Å²) in [5.41, 5.74) is -4.71. The van der Waals surface area contributed by atoms with Gasteiger partial charge in [-0.3, -0.25) is 18.0 Å². The van der Waals surface area contributed by atoms with E-state index < -0.39 is 146 Å². The maximum Gasteiger partial charge on any atom is 0.338 e. The van der Waals surface area contributed by atoms with E-state index in [1.165, 1.54) is 28.1 Å². The molecular weight excluding hydrogens is 931 g/mol. The summed E-state index contributed by atoms with van der Waals surface area (Å²) in [7, 11) is -1.75. The van der Waals surface area contributed by atoms with Gasteiger partial charge < -0.3 is 47.9 Å². The first-order valence-electron chi connectivity index (χ1n) is 23.2. The van der Waals surface area contributed by atoms with Gasteiger partial charge in [0.05, 0.1) is 65.7 Å². The lowest BCUT2D eigenvalue weighted by molar-refractivity contribution is -0.317. The van der Waals surface area contributed by atoms with Gasteiger partial charge in [-0.2, -0.15) is 16.8 Å². The zero-order chi connectivity index (χ0) is 51.5. The van der Waals surface area contributed by atoms with Crippen molar-refractivity contribution in [3.8, 4) is 0 Å². The lowest BCUT2D eigenvalue weighted by Gasteiger charge is -2.50. The van der Waals surface area contributed by atoms with Crippen molar-refractivity contribution in [2.24, 2.45) is 23.7 Å². The topological polar surface area (TPSA) is 235 Å². The van der Waals surface area contributed by atoms with E-state index in [-0.39, 0.29) is 19.3 Å². The van der Waals surface area contributed by atoms with Crippen molar-refractivity contribution in [1.82, 2.24) is 4.90 Å². The van der Waals surface area contributed by atoms with Gasteiger partial charge >= 0.3 is 11.9 Å². The van der Waals surface area contributed by atoms with Gasteiger partial charge in [0.2, 0.25) is 0 Å². The number of ether oxygens (including phenoxy) is 8. The molecule has 0 aliphatic carbocycles. The molecule has 0 saturated carbocycles. The van der Waals surface area contributed by atoms with Crippen LogP contribution in [0, 0.1) is 23.7 Å². The molecule has 1 aromatic carbocycles. The Morgan fingerprint density at radius 1 is 0.794 bits per heavy atom. The first-order valence-corrected chi connectivity index (χ1v) is 26.8. The largest absolute Gasteiger partial charge is 0.459 e. The Morgan fingerprint density at radius 2 is 1.35 bits per heavy atom. The molecule has 0 aromatic heterocycles. The predicted octanol–water partition coefficient (Wildman–Crippen LogP) is 4.27. The Kier molecular flexibility index (Phi) is 19.4. The number of benzene rings is 1. The van der Waals surface area contributed by atoms with E-state index in [0.29, 0.717) is 12.0 Å². The molecule has 19 nitrogen and oxygen atoms in total. The molecule has 0 amide bonds. The summed E-state index contributed by atoms with van der Waals surface area (Å²) in [6.07, 6.45) is -9.44. The standard InChI is InChI=1S/C47H77NO18S2/c1-17-34-47(10,52)40(65-67(15,53)54)28(4)36(49)26(2)24-45(8,57-13)39(64-44-38(33(48(11)12)23-27(3)59-44)63-43(51)32-21-19-18-20-22-32)29(5)37(30(6)42(50)61-34)62-35-25-46(9,58-14)41(31(7)60-35)66-68(16,55)56/h18-22,26-31,33-35,37-41,44,52H,17,23-25H2,1-16H3/t26-,27-,28+,29+,30-,31+,33+,34-,35+,37+,38-,39-,40-,41+,44+,45-,46-,47-/m1/s1. The van der Waals surface area contributed by atoms with Crippen molar-refractivity contribution in [3.05, 3.63) is 35.9 Å². The molecule has 4 rings (SSSR count). The average molecular weight is 1010 g/mol. The molecule has 0 bridgehead atoms. The number of Topliss-reactive ketones (excluding diaryl/α,β-unsaturated/α-hetero) is 1. The Balaban J connectivity index is 1.96. The third kappa shape index (κ3) is 13.8. The number of carbonyl (C=O) groups is 3. The average Bonchev–Trinajstić information content (AvgIpc) is 3.25. The van der Waals surface area contributed by atoms with Crippen LogP contribution in [-0.2, 0) is 76.1 Å². The quantitative estimate of drug-likeness (QED) is 0.202. The molecule has 3 aliphatic rings. The smallest absolute Gasteiger partial charge is 0.338 e. The van der Waals surface area contributed by atoms with Crippen LogP contribution in [0.2, 0.25) is 0 Å². The summed E-state index contributed by atoms with van der Waals surface area (Å²) in [4.78, 5) is 45.1. The van der Waals surface area contributed by atoms with Crippen molar-refractivity contribution >= 4 is 38.0 Å². The molecule has 1 aromatic rings. The highest BCUT2D eigenvalue weighted by Crippen LogP contribution is 2.43. The molecule has 21 heteroatoms. The lowest BCUT2D eigenvalue weighted by atomic mass is 9.74. The van der Waals surface area contributed by atoms with Crippen molar-refractivity contribution in [2.45, 2.75) is 179 Å². The minimum atomic E-state index is -4.30. The van der Waals surface area contributed by atoms with Crippen LogP contribution in [-0.4, -0.2) is 170 Å². The Bertz CT molecular complexity index is 2090. The highest BCUT2D eigenvalue weighted by molar-refractivity contribution is 7.86. The van der Waals surface area contributed by atoms with E-state index in [1.54, 1.807) is 78.8 Å². The Morgan fingerprint density at radius 3 is 1.88 bits per heavy atom. The summed E-state index contributed by atoms with van der Waals surface area (Å²) < 4.78 is 113. The number of aliphatic hydroxyl groups is 1. The van der Waals surface area contributed by atoms with Gasteiger partial charge in [0.25, 0.3) is 20.2 Å². The number of nitrogens with zero attached hydrogens (tertiary/aromatic N) is 1. The van der Waals surface area contributed by atoms with Crippen LogP contribution in [0.15, 0.2) is 30.3 Å². The molecule has 1 N–H and O–H groups in total. The van der Waals surface area contributed by atoms with Crippen LogP contribution >= 0.6 is 0 Å². The molecular formula is C47H77NO18S2. The molecule has 18 atom stereocenters. The molecule has 3 heterocycles. The first-order chi connectivity index (χ1) is 31.3. The number of likely N-dealkylation sites (N-methyl/N-ethyl adjacent to an activating group) is 1. The number of rotatable bonds is 14. The highest BCUT2D eigenvalue weighted by atomic mass is 32.2. The molecule has 0 radical (unpaired) electrons. The van der Waals surface area contributed by atoms with Crippen LogP contribution < -0.4 is 0 Å². The number of methoxy groups -OCH3 is 2. The monoisotopic (exact) mass is 1010 g/mol. The molecule has 3 fully saturated rings. The van der Waals surface area contributed by atoms with Crippen molar-refractivity contribution in [1.29, 1.82) is 0 Å². The summed E-state index contributed by atoms with van der Waals surface area (Å²) in [6, 6.07) is 8.05. The van der Waals surface area contributed by atoms with Gasteiger partial charge in [-0.1, -0.05) is 45.9 Å². The van der Waals surface area contributed by atoms with E-state index in [2.05, 4.69) is 0 Å². The van der Waals surface area contributed by atoms with Gasteiger partial charge in [0.1, 0.15) is 29.7 Å². The number of esters is 2. The summed E-state index contributed by atoms with van der Waals surface area (Å²) in [5.74, 6) is -6.32. The molecule has 3 aliphatic heterocycles. The predicted molar refractivity (Wildman–Crippen MR) is 248 cm³/mol. The second kappa shape index (κ2) is 22.8. The van der Waals surface area contributed by atoms with Crippen LogP contribution in [0.5, 0.6) is 0 Å². The van der Waals surface area contributed by atoms with Gasteiger partial charge in [0, 0.05) is 38.4 Å². The second-order valence-corrected chi connectivity index (χ2v) is 23.1. The zero-order valence-corrected chi connectivity index (χ0v) is 44.2. The van der Waals surface area contributed by atoms with E-state index in [4.69, 9.17) is 46.3 Å². The molecule has 390 valence electrons. The van der Waals surface area contributed by atoms with E-state index in [0.717, 1.165) is 12.5 Å². The number of carbonyl (C=O) groups excluding carboxylic acids is 3. The van der Waals surface area contributed by atoms with Crippen molar-refractivity contribution < 1.29 is 82.6 Å². The maximum atomic E-state index is 14.7. The second-order valence-electron chi connectivity index (χ2n) is 19.9. The summed E-state index contributed by atoms with van der Waals surface area (Å²) >= 11 is 0. The van der Waals surface area contributed by atoms with Gasteiger partial charge in [-0.15, -0.1) is 0 Å². The lowest BCUT2D eigenvalue weighted by Crippen LogP contribution is -2.62. The number of hydrogen-bond donors (Lipinski definition) is 1. The Hall–Kier alpha value is -2.67. The highest BCUT2D eigenvalue weighted by Gasteiger charge is 2.56. The molecule has 3 saturated heterocycles. The maximum absolute atomic E-state index is 14.7. The molecule has 0 spiro atoms. The van der Waals surface area contributed by atoms with Crippen molar-refractivity contribution in [2.75, 3.05) is 40.8 Å². The van der Waals surface area contributed by atoms with Gasteiger partial charge in [-0.25, -0.2) is 4.79 Å². The SMILES string of the molecule is CC[C@H]1OC(=O)[C@H](C)[C@@H](O[C@H]2C[C@@](C)(OC)[C@@H](OS(C)(=O)=O)[C@H](C)O2)[C@H](C)[C@@H](O[C@@H]2O[C@H](C)C[C@H](N(C)C)[C@H]2OC(=O)c2ccccc2)[C@](C)(OC)C[C@@H](C)C(=O)[C@H](C)[C@@H](OS(C)(=O)=O)[C@]1(C)O. The van der Waals surface area contributed by atoms with Gasteiger partial charge in [0.15, 0.2) is 18.7 Å². The Labute approximate surface area is 403 Å². The fourth-order valence-corrected chi connectivity index (χ4v) is 11.6. The van der Waals surface area contributed by atoms with Crippen LogP contribution in [0.25, 0.3) is 0 Å². The van der Waals surface area contributed by atoms with E-state index in [1.807, 2.05) is 25.9 Å². The minimum Gasteiger partial charge on any atom is -0.459 e. The fraction of sp³-hybridized carbons (Fsp3) is 0.809. The normalized spacial score (nSPS) is 40.6. The first kappa shape index (κ1) is 57.9. The molecule has 68 heavy (non-hydrogen) atoms.